The molecule has 14 bridgehead atoms. The van der Waals surface area contributed by atoms with Gasteiger partial charge < -0.3 is 18.9 Å². The molecule has 9 heterocycles. The number of rotatable bonds is 0. The highest BCUT2D eigenvalue weighted by molar-refractivity contribution is 8.44. The van der Waals surface area contributed by atoms with Gasteiger partial charge in [0.1, 0.15) is 48.1 Å². The zero-order valence-electron chi connectivity index (χ0n) is 24.7. The molecular weight excluding hydrogens is 716 g/mol. The monoisotopic (exact) mass is 744 g/mol. The van der Waals surface area contributed by atoms with Crippen LogP contribution in [-0.2, 0) is 56.8 Å². The van der Waals surface area contributed by atoms with Gasteiger partial charge in [-0.15, -0.1) is 0 Å². The summed E-state index contributed by atoms with van der Waals surface area (Å²) in [6.45, 7) is -9.76. The molecule has 3 saturated heterocycles. The number of ether oxygens (including phenoxy) is 2. The number of aromatic nitrogens is 8. The number of hydrogen-bond donors (Lipinski definition) is 2. The summed E-state index contributed by atoms with van der Waals surface area (Å²) in [5.41, 5.74) is 2.79. The molecule has 0 spiro atoms. The average molecular weight is 745 g/mol. The molecule has 22 heteroatoms. The highest BCUT2D eigenvalue weighted by Crippen LogP contribution is 2.58. The lowest BCUT2D eigenvalue weighted by Crippen LogP contribution is -2.37. The van der Waals surface area contributed by atoms with Gasteiger partial charge in [-0.1, -0.05) is 24.4 Å². The van der Waals surface area contributed by atoms with Crippen molar-refractivity contribution in [2.45, 2.75) is 74.9 Å². The summed E-state index contributed by atoms with van der Waals surface area (Å²) in [5.74, 6) is 0. The SMILES string of the molecule is O=P1(S)OCC2O[C@@H]3[C@H](F)[C@@H]2OP(O)(=S)OC[C@H]2O[C@H]([C@H](F)[C@@H]2O1)n1cnc2c(ncnc21)CC/C=C/CCc1ncnc2c1ncn23. The lowest BCUT2D eigenvalue weighted by molar-refractivity contribution is -0.0564. The fourth-order valence-corrected chi connectivity index (χ4v) is 9.19. The van der Waals surface area contributed by atoms with E-state index in [-0.39, 0.29) is 0 Å². The summed E-state index contributed by atoms with van der Waals surface area (Å²) >= 11 is 9.31. The van der Waals surface area contributed by atoms with Gasteiger partial charge in [0.25, 0.3) is 0 Å². The molecule has 48 heavy (non-hydrogen) atoms. The molecule has 4 aromatic heterocycles. The Morgan fingerprint density at radius 3 is 1.83 bits per heavy atom. The molecular formula is C26H28F2N8O8P2S2. The predicted octanol–water partition coefficient (Wildman–Crippen LogP) is 3.64. The van der Waals surface area contributed by atoms with Crippen LogP contribution in [0.15, 0.2) is 37.5 Å². The smallest absolute Gasteiger partial charge is 0.346 e. The summed E-state index contributed by atoms with van der Waals surface area (Å²) in [6, 6.07) is 0. The Bertz CT molecular complexity index is 1850. The number of fused-ring (bicyclic) bond motifs is 10. The minimum Gasteiger partial charge on any atom is -0.346 e. The van der Waals surface area contributed by atoms with Crippen molar-refractivity contribution >= 4 is 59.9 Å². The number of allylic oxidation sites excluding steroid dienone is 2. The Morgan fingerprint density at radius 2 is 1.29 bits per heavy atom. The van der Waals surface area contributed by atoms with E-state index in [0.29, 0.717) is 59.4 Å². The van der Waals surface area contributed by atoms with E-state index in [1.165, 1.54) is 34.4 Å². The largest absolute Gasteiger partial charge is 0.386 e. The number of imidazole rings is 2. The molecule has 16 nitrogen and oxygen atoms in total. The number of alkyl halides is 2. The van der Waals surface area contributed by atoms with Crippen LogP contribution < -0.4 is 0 Å². The fraction of sp³-hybridized carbons (Fsp3) is 0.538. The fourth-order valence-electron chi connectivity index (χ4n) is 6.27. The third-order valence-corrected chi connectivity index (χ3v) is 11.7. The lowest BCUT2D eigenvalue weighted by Gasteiger charge is -2.29. The molecule has 3 fully saturated rings. The Balaban J connectivity index is 1.21. The van der Waals surface area contributed by atoms with Crippen LogP contribution in [0, 0.1) is 0 Å². The van der Waals surface area contributed by atoms with Crippen molar-refractivity contribution < 1.29 is 45.8 Å². The molecule has 10 atom stereocenters. The van der Waals surface area contributed by atoms with E-state index < -0.39 is 75.9 Å². The summed E-state index contributed by atoms with van der Waals surface area (Å²) < 4.78 is 83.1. The van der Waals surface area contributed by atoms with Crippen molar-refractivity contribution in [1.82, 2.24) is 39.0 Å². The third kappa shape index (κ3) is 6.04. The third-order valence-electron chi connectivity index (χ3n) is 8.53. The van der Waals surface area contributed by atoms with Crippen molar-refractivity contribution in [3.05, 3.63) is 48.8 Å². The second-order valence-corrected chi connectivity index (χ2v) is 17.2. The normalized spacial score (nSPS) is 38.3. The van der Waals surface area contributed by atoms with Crippen LogP contribution >= 0.6 is 25.8 Å². The number of nitrogens with zero attached hydrogens (tertiary/aromatic N) is 8. The molecule has 0 aromatic carbocycles. The quantitative estimate of drug-likeness (QED) is 0.151. The number of halogens is 2. The molecule has 4 aromatic rings. The van der Waals surface area contributed by atoms with Crippen LogP contribution in [-0.4, -0.2) is 93.9 Å². The van der Waals surface area contributed by atoms with Crippen molar-refractivity contribution in [1.29, 1.82) is 0 Å². The highest BCUT2D eigenvalue weighted by Gasteiger charge is 2.54. The van der Waals surface area contributed by atoms with Crippen LogP contribution in [0.5, 0.6) is 0 Å². The van der Waals surface area contributed by atoms with E-state index in [2.05, 4.69) is 42.2 Å². The van der Waals surface area contributed by atoms with E-state index in [9.17, 15) is 9.46 Å². The topological polar surface area (TPSA) is 180 Å². The van der Waals surface area contributed by atoms with Gasteiger partial charge in [0.15, 0.2) is 36.1 Å². The number of hydrogen-bond acceptors (Lipinski definition) is 14. The number of thiol groups is 1. The molecule has 9 rings (SSSR count). The summed E-state index contributed by atoms with van der Waals surface area (Å²) in [7, 11) is 0. The zero-order valence-corrected chi connectivity index (χ0v) is 28.2. The van der Waals surface area contributed by atoms with Gasteiger partial charge in [-0.2, -0.15) is 0 Å². The van der Waals surface area contributed by atoms with Crippen LogP contribution in [0.25, 0.3) is 22.3 Å². The molecule has 3 unspecified atom stereocenters. The average Bonchev–Trinajstić information content (AvgIpc) is 3.81. The number of aryl methyl sites for hydroxylation is 2. The van der Waals surface area contributed by atoms with Gasteiger partial charge in [0.2, 0.25) is 0 Å². The molecule has 0 radical (unpaired) electrons. The molecule has 0 saturated carbocycles. The summed E-state index contributed by atoms with van der Waals surface area (Å²) in [6.07, 6.45) is -0.587. The van der Waals surface area contributed by atoms with Crippen LogP contribution in [0.1, 0.15) is 36.7 Å². The van der Waals surface area contributed by atoms with Gasteiger partial charge in [-0.25, -0.2) is 43.2 Å². The Kier molecular flexibility index (Phi) is 8.73. The molecule has 5 aliphatic rings. The van der Waals surface area contributed by atoms with E-state index in [4.69, 9.17) is 39.4 Å². The van der Waals surface area contributed by atoms with E-state index in [1.807, 2.05) is 12.2 Å². The van der Waals surface area contributed by atoms with Gasteiger partial charge in [-0.05, 0) is 37.5 Å². The van der Waals surface area contributed by atoms with E-state index in [0.717, 1.165) is 0 Å². The van der Waals surface area contributed by atoms with E-state index in [1.54, 1.807) is 0 Å². The summed E-state index contributed by atoms with van der Waals surface area (Å²) in [5, 5.41) is 0. The Morgan fingerprint density at radius 1 is 0.792 bits per heavy atom. The maximum Gasteiger partial charge on any atom is 0.386 e. The van der Waals surface area contributed by atoms with Crippen molar-refractivity contribution in [2.24, 2.45) is 0 Å². The van der Waals surface area contributed by atoms with Gasteiger partial charge in [0.05, 0.1) is 37.3 Å². The minimum atomic E-state index is -4.36. The molecule has 1 N–H and O–H groups in total. The van der Waals surface area contributed by atoms with Gasteiger partial charge in [0, 0.05) is 0 Å². The maximum atomic E-state index is 16.3. The van der Waals surface area contributed by atoms with E-state index >= 15 is 8.78 Å². The minimum absolute atomic E-state index is 0.297. The molecule has 256 valence electrons. The van der Waals surface area contributed by atoms with Crippen LogP contribution in [0.4, 0.5) is 8.78 Å². The second-order valence-electron chi connectivity index (χ2n) is 11.5. The van der Waals surface area contributed by atoms with Gasteiger partial charge in [-0.3, -0.25) is 22.7 Å². The molecule has 5 aliphatic heterocycles. The second kappa shape index (κ2) is 12.8. The van der Waals surface area contributed by atoms with Crippen molar-refractivity contribution in [2.75, 3.05) is 13.2 Å². The first-order valence-electron chi connectivity index (χ1n) is 15.0. The molecule has 0 amide bonds. The van der Waals surface area contributed by atoms with Crippen LogP contribution in [0.3, 0.4) is 0 Å². The molecule has 0 aliphatic carbocycles. The Labute approximate surface area is 281 Å². The van der Waals surface area contributed by atoms with Crippen molar-refractivity contribution in [3.8, 4) is 0 Å². The highest BCUT2D eigenvalue weighted by atomic mass is 32.7. The first-order chi connectivity index (χ1) is 23.1. The first kappa shape index (κ1) is 32.8. The van der Waals surface area contributed by atoms with Crippen LogP contribution in [0.2, 0.25) is 0 Å². The standard InChI is InChI=1S/C26H28F2N8O8P2S2/c27-17-21-15-7-39-46(38,48)44-22-16(8-40-45(37,47)43-21)42-26(18(22)28)36-12-34-20-14(30-10-32-24(20)36)6-4-2-1-3-5-13-19-23(31-9-29-13)35(11-33-19)25(17)41-15/h1-2,9-12,15-18,21-22,25-26H,3-8H2,(H,37,47)(H,38,48)/b2-1+/t15-,16?,17-,18-,21-,22-,25-,26-,45?,46?/m1/s1. The van der Waals surface area contributed by atoms with Crippen molar-refractivity contribution in [3.63, 3.8) is 0 Å². The zero-order chi connectivity index (χ0) is 33.2. The Hall–Kier alpha value is -2.35. The van der Waals surface area contributed by atoms with Gasteiger partial charge >= 0.3 is 13.5 Å². The summed E-state index contributed by atoms with van der Waals surface area (Å²) in [4.78, 5) is 37.3. The first-order valence-corrected chi connectivity index (χ1v) is 20.3. The predicted molar refractivity (Wildman–Crippen MR) is 169 cm³/mol. The maximum absolute atomic E-state index is 16.3. The lowest BCUT2D eigenvalue weighted by atomic mass is 10.1.